The second-order valence-corrected chi connectivity index (χ2v) is 6.69. The summed E-state index contributed by atoms with van der Waals surface area (Å²) in [5, 5.41) is 0. The summed E-state index contributed by atoms with van der Waals surface area (Å²) in [5.41, 5.74) is 5.83. The molecule has 0 saturated heterocycles. The van der Waals surface area contributed by atoms with E-state index in [1.54, 1.807) is 0 Å². The fourth-order valence-electron chi connectivity index (χ4n) is 4.08. The van der Waals surface area contributed by atoms with Crippen LogP contribution >= 0.6 is 0 Å². The number of allylic oxidation sites excluding steroid dienone is 4. The number of hydrogen-bond acceptors (Lipinski definition) is 0. The Hall–Kier alpha value is -1.30. The fourth-order valence-corrected chi connectivity index (χ4v) is 4.08. The molecule has 0 amide bonds. The molecule has 1 fully saturated rings. The Morgan fingerprint density at radius 1 is 1.00 bits per heavy atom. The van der Waals surface area contributed by atoms with Gasteiger partial charge in [-0.1, -0.05) is 49.8 Å². The van der Waals surface area contributed by atoms with Crippen molar-refractivity contribution in [2.75, 3.05) is 0 Å². The molecule has 4 atom stereocenters. The summed E-state index contributed by atoms with van der Waals surface area (Å²) in [7, 11) is 0. The number of aryl methyl sites for hydroxylation is 1. The van der Waals surface area contributed by atoms with Crippen LogP contribution in [0.25, 0.3) is 0 Å². The van der Waals surface area contributed by atoms with Crippen molar-refractivity contribution in [1.82, 2.24) is 0 Å². The maximum Gasteiger partial charge on any atom is -0.000869 e. The molecule has 0 heteroatoms. The molecule has 0 nitrogen and oxygen atoms in total. The van der Waals surface area contributed by atoms with Crippen molar-refractivity contribution in [2.45, 2.75) is 46.5 Å². The largest absolute Gasteiger partial charge is 0.0805 e. The van der Waals surface area contributed by atoms with Gasteiger partial charge in [0.25, 0.3) is 0 Å². The van der Waals surface area contributed by atoms with Crippen molar-refractivity contribution in [3.63, 3.8) is 0 Å². The third-order valence-corrected chi connectivity index (χ3v) is 5.53. The predicted octanol–water partition coefficient (Wildman–Crippen LogP) is 5.57. The zero-order valence-corrected chi connectivity index (χ0v) is 13.7. The molecule has 0 spiro atoms. The summed E-state index contributed by atoms with van der Waals surface area (Å²) in [6.07, 6.45) is 15.6. The van der Waals surface area contributed by atoms with Crippen LogP contribution in [0.3, 0.4) is 0 Å². The highest BCUT2D eigenvalue weighted by atomic mass is 14.5. The van der Waals surface area contributed by atoms with Gasteiger partial charge in [0.1, 0.15) is 0 Å². The molecule has 0 N–H and O–H groups in total. The van der Waals surface area contributed by atoms with Gasteiger partial charge in [0.2, 0.25) is 0 Å². The Morgan fingerprint density at radius 3 is 2.52 bits per heavy atom. The minimum absolute atomic E-state index is 0.492. The highest BCUT2D eigenvalue weighted by Crippen LogP contribution is 2.51. The van der Waals surface area contributed by atoms with E-state index in [0.29, 0.717) is 23.7 Å². The fraction of sp³-hybridized carbons (Fsp3) is 0.476. The maximum atomic E-state index is 3.89. The number of hydrogen-bond donors (Lipinski definition) is 0. The first-order valence-corrected chi connectivity index (χ1v) is 8.31. The molecule has 1 aromatic carbocycles. The monoisotopic (exact) mass is 278 g/mol. The first-order valence-electron chi connectivity index (χ1n) is 8.31. The van der Waals surface area contributed by atoms with E-state index < -0.39 is 0 Å². The van der Waals surface area contributed by atoms with E-state index in [4.69, 9.17) is 0 Å². The zero-order valence-electron chi connectivity index (χ0n) is 13.7. The molecule has 4 unspecified atom stereocenters. The zero-order chi connectivity index (χ0) is 15.0. The summed E-state index contributed by atoms with van der Waals surface area (Å²) < 4.78 is 0. The van der Waals surface area contributed by atoms with Gasteiger partial charge >= 0.3 is 0 Å². The maximum absolute atomic E-state index is 3.89. The Labute approximate surface area is 130 Å². The first-order chi connectivity index (χ1) is 10.1. The van der Waals surface area contributed by atoms with E-state index >= 15 is 0 Å². The molecule has 0 bridgehead atoms. The van der Waals surface area contributed by atoms with E-state index in [9.17, 15) is 0 Å². The van der Waals surface area contributed by atoms with Gasteiger partial charge in [0.05, 0.1) is 0 Å². The molecule has 1 aromatic rings. The van der Waals surface area contributed by atoms with Crippen LogP contribution in [0.1, 0.15) is 47.9 Å². The van der Waals surface area contributed by atoms with Gasteiger partial charge in [-0.2, -0.15) is 0 Å². The predicted molar refractivity (Wildman–Crippen MR) is 90.3 cm³/mol. The molecule has 0 heterocycles. The standard InChI is InChI=1S/C21H26/c1-5-8-20-19-10-7-6-9-17(19)13-21(20)18-12-11-14(2)15(3)16(18)4/h6-7,9-12,17,19-21H,5,8H2,1-4H3. The molecule has 2 aliphatic rings. The lowest BCUT2D eigenvalue weighted by Crippen LogP contribution is -2.16. The van der Waals surface area contributed by atoms with Crippen LogP contribution in [0, 0.1) is 44.9 Å². The SMILES string of the molecule is CCCC1C(c2ccc(C)c(C)c2C)[C]C2C=CC=CC21. The van der Waals surface area contributed by atoms with E-state index in [-0.39, 0.29) is 0 Å². The summed E-state index contributed by atoms with van der Waals surface area (Å²) in [4.78, 5) is 0. The van der Waals surface area contributed by atoms with Gasteiger partial charge in [-0.25, -0.2) is 0 Å². The van der Waals surface area contributed by atoms with Gasteiger partial charge in [-0.3, -0.25) is 0 Å². The molecule has 110 valence electrons. The smallest absolute Gasteiger partial charge is 0.000869 e. The van der Waals surface area contributed by atoms with Gasteiger partial charge in [-0.15, -0.1) is 0 Å². The van der Waals surface area contributed by atoms with Crippen LogP contribution in [-0.4, -0.2) is 0 Å². The van der Waals surface area contributed by atoms with Crippen LogP contribution in [0.5, 0.6) is 0 Å². The van der Waals surface area contributed by atoms with Crippen LogP contribution in [0.2, 0.25) is 0 Å². The summed E-state index contributed by atoms with van der Waals surface area (Å²) >= 11 is 0. The van der Waals surface area contributed by atoms with E-state index in [0.717, 1.165) is 0 Å². The third-order valence-electron chi connectivity index (χ3n) is 5.53. The Bertz CT molecular complexity index is 576. The lowest BCUT2D eigenvalue weighted by atomic mass is 9.78. The van der Waals surface area contributed by atoms with Crippen LogP contribution < -0.4 is 0 Å². The number of fused-ring (bicyclic) bond motifs is 1. The molecular formula is C21H26. The van der Waals surface area contributed by atoms with E-state index in [1.807, 2.05) is 0 Å². The Kier molecular flexibility index (Phi) is 4.06. The molecular weight excluding hydrogens is 252 g/mol. The molecule has 3 rings (SSSR count). The van der Waals surface area contributed by atoms with Crippen molar-refractivity contribution in [3.05, 3.63) is 65.1 Å². The minimum atomic E-state index is 0.492. The van der Waals surface area contributed by atoms with Crippen LogP contribution in [0.15, 0.2) is 36.4 Å². The number of rotatable bonds is 3. The van der Waals surface area contributed by atoms with Crippen molar-refractivity contribution in [3.8, 4) is 0 Å². The summed E-state index contributed by atoms with van der Waals surface area (Å²) in [6, 6.07) is 4.64. The topological polar surface area (TPSA) is 0 Å². The molecule has 0 aromatic heterocycles. The average molecular weight is 278 g/mol. The van der Waals surface area contributed by atoms with Crippen molar-refractivity contribution >= 4 is 0 Å². The van der Waals surface area contributed by atoms with Crippen LogP contribution in [-0.2, 0) is 0 Å². The molecule has 2 aliphatic carbocycles. The van der Waals surface area contributed by atoms with Crippen LogP contribution in [0.4, 0.5) is 0 Å². The second-order valence-electron chi connectivity index (χ2n) is 6.69. The van der Waals surface area contributed by atoms with Crippen molar-refractivity contribution in [2.24, 2.45) is 17.8 Å². The van der Waals surface area contributed by atoms with Gasteiger partial charge < -0.3 is 0 Å². The first kappa shape index (κ1) is 14.6. The lowest BCUT2D eigenvalue weighted by Gasteiger charge is -2.26. The lowest BCUT2D eigenvalue weighted by molar-refractivity contribution is 0.366. The molecule has 0 aliphatic heterocycles. The normalized spacial score (nSPS) is 30.7. The van der Waals surface area contributed by atoms with E-state index in [1.165, 1.54) is 35.1 Å². The minimum Gasteiger partial charge on any atom is -0.0805 e. The third kappa shape index (κ3) is 2.50. The summed E-state index contributed by atoms with van der Waals surface area (Å²) in [5.74, 6) is 2.37. The average Bonchev–Trinajstić information content (AvgIpc) is 2.84. The Balaban J connectivity index is 1.99. The Morgan fingerprint density at radius 2 is 1.76 bits per heavy atom. The van der Waals surface area contributed by atoms with Crippen molar-refractivity contribution in [1.29, 1.82) is 0 Å². The second kappa shape index (κ2) is 5.83. The van der Waals surface area contributed by atoms with Gasteiger partial charge in [-0.05, 0) is 79.5 Å². The van der Waals surface area contributed by atoms with Crippen molar-refractivity contribution < 1.29 is 0 Å². The molecule has 1 saturated carbocycles. The van der Waals surface area contributed by atoms with E-state index in [2.05, 4.69) is 70.6 Å². The highest BCUT2D eigenvalue weighted by molar-refractivity contribution is 5.44. The molecule has 21 heavy (non-hydrogen) atoms. The quantitative estimate of drug-likeness (QED) is 0.678. The summed E-state index contributed by atoms with van der Waals surface area (Å²) in [6.45, 7) is 9.06. The number of benzene rings is 1. The van der Waals surface area contributed by atoms with Gasteiger partial charge in [0.15, 0.2) is 0 Å². The highest BCUT2D eigenvalue weighted by Gasteiger charge is 2.42. The van der Waals surface area contributed by atoms with Gasteiger partial charge in [0, 0.05) is 0 Å². The molecule has 2 radical (unpaired) electrons.